The molecule has 4 rings (SSSR count). The lowest BCUT2D eigenvalue weighted by atomic mass is 10.1. The first-order chi connectivity index (χ1) is 14.2. The quantitative estimate of drug-likeness (QED) is 0.639. The van der Waals surface area contributed by atoms with Crippen molar-refractivity contribution in [1.29, 1.82) is 0 Å². The molecule has 0 unspecified atom stereocenters. The molecule has 1 atom stereocenters. The van der Waals surface area contributed by atoms with Crippen LogP contribution in [0.15, 0.2) is 69.9 Å². The molecule has 1 aliphatic rings. The molecule has 1 fully saturated rings. The van der Waals surface area contributed by atoms with Gasteiger partial charge in [0, 0.05) is 17.8 Å². The predicted molar refractivity (Wildman–Crippen MR) is 108 cm³/mol. The first-order valence-corrected chi connectivity index (χ1v) is 9.71. The number of hydrogen-bond acceptors (Lipinski definition) is 5. The molecule has 7 heteroatoms. The van der Waals surface area contributed by atoms with Gasteiger partial charge in [-0.05, 0) is 74.5 Å². The Balaban J connectivity index is 1.36. The zero-order chi connectivity index (χ0) is 20.1. The molecule has 3 heterocycles. The van der Waals surface area contributed by atoms with Crippen molar-refractivity contribution in [2.45, 2.75) is 18.9 Å². The smallest absolute Gasteiger partial charge is 0.291 e. The van der Waals surface area contributed by atoms with Crippen LogP contribution < -0.4 is 10.6 Å². The number of nitrogens with one attached hydrogen (secondary N) is 2. The molecule has 0 bridgehead atoms. The summed E-state index contributed by atoms with van der Waals surface area (Å²) in [5.74, 6) is 0.602. The Morgan fingerprint density at radius 2 is 1.66 bits per heavy atom. The van der Waals surface area contributed by atoms with Crippen LogP contribution in [0.5, 0.6) is 0 Å². The van der Waals surface area contributed by atoms with Crippen molar-refractivity contribution in [3.63, 3.8) is 0 Å². The number of furan rings is 2. The minimum atomic E-state index is -0.334. The van der Waals surface area contributed by atoms with Crippen LogP contribution in [0.1, 0.15) is 45.6 Å². The van der Waals surface area contributed by atoms with Gasteiger partial charge in [-0.1, -0.05) is 0 Å². The maximum atomic E-state index is 12.6. The van der Waals surface area contributed by atoms with Gasteiger partial charge in [-0.25, -0.2) is 0 Å². The summed E-state index contributed by atoms with van der Waals surface area (Å²) in [4.78, 5) is 26.9. The van der Waals surface area contributed by atoms with Crippen molar-refractivity contribution in [1.82, 2.24) is 10.2 Å². The number of hydrogen-bond donors (Lipinski definition) is 2. The summed E-state index contributed by atoms with van der Waals surface area (Å²) in [6, 6.07) is 13.9. The Bertz CT molecular complexity index is 927. The van der Waals surface area contributed by atoms with E-state index in [1.165, 1.54) is 6.26 Å². The monoisotopic (exact) mass is 393 g/mol. The topological polar surface area (TPSA) is 87.7 Å². The summed E-state index contributed by atoms with van der Waals surface area (Å²) >= 11 is 0. The van der Waals surface area contributed by atoms with E-state index < -0.39 is 0 Å². The van der Waals surface area contributed by atoms with Crippen molar-refractivity contribution < 1.29 is 18.4 Å². The molecule has 2 aromatic heterocycles. The summed E-state index contributed by atoms with van der Waals surface area (Å²) in [7, 11) is 0. The van der Waals surface area contributed by atoms with Crippen LogP contribution in [0.4, 0.5) is 5.69 Å². The Hall–Kier alpha value is -3.32. The van der Waals surface area contributed by atoms with Crippen LogP contribution in [-0.2, 0) is 0 Å². The number of rotatable bonds is 7. The first-order valence-electron chi connectivity index (χ1n) is 9.71. The van der Waals surface area contributed by atoms with Gasteiger partial charge in [0.05, 0.1) is 18.6 Å². The fraction of sp³-hybridized carbons (Fsp3) is 0.273. The molecule has 0 saturated carbocycles. The molecule has 150 valence electrons. The van der Waals surface area contributed by atoms with Crippen molar-refractivity contribution in [3.05, 3.63) is 78.1 Å². The number of amides is 2. The molecule has 0 spiro atoms. The van der Waals surface area contributed by atoms with E-state index in [0.717, 1.165) is 31.7 Å². The third-order valence-electron chi connectivity index (χ3n) is 5.06. The average molecular weight is 393 g/mol. The van der Waals surface area contributed by atoms with Crippen molar-refractivity contribution in [3.8, 4) is 0 Å². The Labute approximate surface area is 168 Å². The molecule has 0 aliphatic carbocycles. The Morgan fingerprint density at radius 3 is 2.31 bits per heavy atom. The van der Waals surface area contributed by atoms with Crippen LogP contribution in [0.25, 0.3) is 0 Å². The largest absolute Gasteiger partial charge is 0.468 e. The molecule has 29 heavy (non-hydrogen) atoms. The highest BCUT2D eigenvalue weighted by Gasteiger charge is 2.26. The molecule has 2 amide bonds. The van der Waals surface area contributed by atoms with Gasteiger partial charge >= 0.3 is 0 Å². The van der Waals surface area contributed by atoms with E-state index in [0.29, 0.717) is 17.8 Å². The molecule has 1 aliphatic heterocycles. The fourth-order valence-electron chi connectivity index (χ4n) is 3.54. The summed E-state index contributed by atoms with van der Waals surface area (Å²) in [5.41, 5.74) is 1.12. The number of carbonyl (C=O) groups is 2. The van der Waals surface area contributed by atoms with Gasteiger partial charge in [-0.3, -0.25) is 14.5 Å². The van der Waals surface area contributed by atoms with Crippen LogP contribution in [-0.4, -0.2) is 36.3 Å². The van der Waals surface area contributed by atoms with Crippen LogP contribution in [0.3, 0.4) is 0 Å². The van der Waals surface area contributed by atoms with Crippen LogP contribution in [0, 0.1) is 0 Å². The maximum Gasteiger partial charge on any atom is 0.291 e. The summed E-state index contributed by atoms with van der Waals surface area (Å²) in [6.45, 7) is 2.49. The number of benzene rings is 1. The highest BCUT2D eigenvalue weighted by atomic mass is 16.3. The van der Waals surface area contributed by atoms with Gasteiger partial charge in [-0.15, -0.1) is 0 Å². The van der Waals surface area contributed by atoms with Gasteiger partial charge in [0.2, 0.25) is 0 Å². The number of likely N-dealkylation sites (tertiary alicyclic amines) is 1. The van der Waals surface area contributed by atoms with Gasteiger partial charge in [0.15, 0.2) is 5.76 Å². The van der Waals surface area contributed by atoms with Crippen molar-refractivity contribution in [2.75, 3.05) is 25.0 Å². The van der Waals surface area contributed by atoms with E-state index in [2.05, 4.69) is 15.5 Å². The Kier molecular flexibility index (Phi) is 5.76. The molecule has 1 aromatic carbocycles. The molecule has 0 radical (unpaired) electrons. The minimum absolute atomic E-state index is 0.0308. The molecular formula is C22H23N3O4. The summed E-state index contributed by atoms with van der Waals surface area (Å²) < 4.78 is 10.7. The van der Waals surface area contributed by atoms with E-state index in [9.17, 15) is 9.59 Å². The van der Waals surface area contributed by atoms with E-state index >= 15 is 0 Å². The second kappa shape index (κ2) is 8.79. The van der Waals surface area contributed by atoms with Crippen LogP contribution in [0.2, 0.25) is 0 Å². The van der Waals surface area contributed by atoms with Gasteiger partial charge in [0.25, 0.3) is 11.8 Å². The second-order valence-corrected chi connectivity index (χ2v) is 6.99. The molecule has 7 nitrogen and oxygen atoms in total. The molecule has 2 N–H and O–H groups in total. The highest BCUT2D eigenvalue weighted by molar-refractivity contribution is 6.02. The van der Waals surface area contributed by atoms with Crippen molar-refractivity contribution >= 4 is 17.5 Å². The first kappa shape index (κ1) is 19.0. The zero-order valence-electron chi connectivity index (χ0n) is 16.0. The average Bonchev–Trinajstić information content (AvgIpc) is 3.52. The van der Waals surface area contributed by atoms with Gasteiger partial charge in [-0.2, -0.15) is 0 Å². The normalized spacial score (nSPS) is 15.2. The van der Waals surface area contributed by atoms with Gasteiger partial charge < -0.3 is 19.5 Å². The van der Waals surface area contributed by atoms with E-state index in [4.69, 9.17) is 8.83 Å². The fourth-order valence-corrected chi connectivity index (χ4v) is 3.54. The third kappa shape index (κ3) is 4.57. The van der Waals surface area contributed by atoms with Crippen LogP contribution >= 0.6 is 0 Å². The lowest BCUT2D eigenvalue weighted by Crippen LogP contribution is -2.36. The van der Waals surface area contributed by atoms with Crippen molar-refractivity contribution in [2.24, 2.45) is 0 Å². The van der Waals surface area contributed by atoms with E-state index in [1.54, 1.807) is 42.7 Å². The lowest BCUT2D eigenvalue weighted by Gasteiger charge is -2.26. The third-order valence-corrected chi connectivity index (χ3v) is 5.06. The molecular weight excluding hydrogens is 370 g/mol. The minimum Gasteiger partial charge on any atom is -0.468 e. The standard InChI is InChI=1S/C22H23N3O4/c26-21(23-15-18(19-5-3-13-28-19)25-11-1-2-12-25)16-7-9-17(10-8-16)24-22(27)20-6-4-14-29-20/h3-10,13-14,18H,1-2,11-12,15H2,(H,23,26)(H,24,27)/t18-/m0/s1. The lowest BCUT2D eigenvalue weighted by molar-refractivity contribution is 0.0933. The number of carbonyl (C=O) groups excluding carboxylic acids is 2. The Morgan fingerprint density at radius 1 is 0.931 bits per heavy atom. The van der Waals surface area contributed by atoms with E-state index in [-0.39, 0.29) is 23.6 Å². The number of anilines is 1. The predicted octanol–water partition coefficient (Wildman–Crippen LogP) is 3.69. The highest BCUT2D eigenvalue weighted by Crippen LogP contribution is 2.25. The molecule has 3 aromatic rings. The maximum absolute atomic E-state index is 12.6. The SMILES string of the molecule is O=C(NC[C@@H](c1ccco1)N1CCCC1)c1ccc(NC(=O)c2ccco2)cc1. The second-order valence-electron chi connectivity index (χ2n) is 6.99. The zero-order valence-corrected chi connectivity index (χ0v) is 16.0. The van der Waals surface area contributed by atoms with Gasteiger partial charge in [0.1, 0.15) is 5.76 Å². The van der Waals surface area contributed by atoms with E-state index in [1.807, 2.05) is 12.1 Å². The number of nitrogens with zero attached hydrogens (tertiary/aromatic N) is 1. The summed E-state index contributed by atoms with van der Waals surface area (Å²) in [5, 5.41) is 5.74. The molecule has 1 saturated heterocycles. The summed E-state index contributed by atoms with van der Waals surface area (Å²) in [6.07, 6.45) is 5.43.